The number of carbonyl (C=O) groups excluding carboxylic acids is 1. The standard InChI is InChI=1S/C10H14ClN3O/c1-7(2)6-13-10(15)14-8-3-4-12-9(11)5-8/h3-5,7H,6H2,1-2H3,(H2,12,13,14,15). The number of amides is 2. The second kappa shape index (κ2) is 5.56. The summed E-state index contributed by atoms with van der Waals surface area (Å²) >= 11 is 5.67. The Bertz CT molecular complexity index is 341. The Hall–Kier alpha value is -1.29. The normalized spacial score (nSPS) is 10.1. The first-order valence-corrected chi connectivity index (χ1v) is 5.12. The minimum absolute atomic E-state index is 0.231. The summed E-state index contributed by atoms with van der Waals surface area (Å²) in [6.45, 7) is 4.71. The van der Waals surface area contributed by atoms with Gasteiger partial charge in [0, 0.05) is 18.4 Å². The van der Waals surface area contributed by atoms with Gasteiger partial charge in [0.15, 0.2) is 0 Å². The molecule has 1 heterocycles. The van der Waals surface area contributed by atoms with E-state index in [1.807, 2.05) is 13.8 Å². The maximum Gasteiger partial charge on any atom is 0.319 e. The van der Waals surface area contributed by atoms with E-state index in [0.29, 0.717) is 23.3 Å². The molecule has 0 saturated carbocycles. The predicted octanol–water partition coefficient (Wildman–Crippen LogP) is 2.51. The summed E-state index contributed by atoms with van der Waals surface area (Å²) < 4.78 is 0. The van der Waals surface area contributed by atoms with Gasteiger partial charge < -0.3 is 10.6 Å². The highest BCUT2D eigenvalue weighted by Gasteiger charge is 2.02. The molecule has 2 N–H and O–H groups in total. The third kappa shape index (κ3) is 4.65. The predicted molar refractivity (Wildman–Crippen MR) is 61.1 cm³/mol. The summed E-state index contributed by atoms with van der Waals surface area (Å²) in [6, 6.07) is 3.04. The Kier molecular flexibility index (Phi) is 4.37. The van der Waals surface area contributed by atoms with Gasteiger partial charge in [0.2, 0.25) is 0 Å². The van der Waals surface area contributed by atoms with Gasteiger partial charge in [0.25, 0.3) is 0 Å². The van der Waals surface area contributed by atoms with E-state index in [9.17, 15) is 4.79 Å². The van der Waals surface area contributed by atoms with E-state index in [2.05, 4.69) is 15.6 Å². The average Bonchev–Trinajstić information content (AvgIpc) is 2.15. The van der Waals surface area contributed by atoms with Gasteiger partial charge in [-0.15, -0.1) is 0 Å². The Labute approximate surface area is 94.0 Å². The SMILES string of the molecule is CC(C)CNC(=O)Nc1ccnc(Cl)c1. The van der Waals surface area contributed by atoms with Crippen molar-refractivity contribution in [1.82, 2.24) is 10.3 Å². The van der Waals surface area contributed by atoms with Crippen LogP contribution in [0.1, 0.15) is 13.8 Å². The van der Waals surface area contributed by atoms with Gasteiger partial charge in [0.1, 0.15) is 5.15 Å². The van der Waals surface area contributed by atoms with Crippen LogP contribution >= 0.6 is 11.6 Å². The number of anilines is 1. The number of hydrogen-bond acceptors (Lipinski definition) is 2. The van der Waals surface area contributed by atoms with Crippen molar-refractivity contribution in [2.45, 2.75) is 13.8 Å². The topological polar surface area (TPSA) is 54.0 Å². The summed E-state index contributed by atoms with van der Waals surface area (Å²) in [4.78, 5) is 15.2. The molecule has 5 heteroatoms. The van der Waals surface area contributed by atoms with Crippen molar-refractivity contribution in [2.24, 2.45) is 5.92 Å². The van der Waals surface area contributed by atoms with Crippen LogP contribution in [0.25, 0.3) is 0 Å². The summed E-state index contributed by atoms with van der Waals surface area (Å²) in [5, 5.41) is 5.76. The van der Waals surface area contributed by atoms with E-state index in [1.165, 1.54) is 0 Å². The van der Waals surface area contributed by atoms with Crippen molar-refractivity contribution in [3.05, 3.63) is 23.5 Å². The quantitative estimate of drug-likeness (QED) is 0.780. The van der Waals surface area contributed by atoms with Crippen molar-refractivity contribution < 1.29 is 4.79 Å². The highest BCUT2D eigenvalue weighted by molar-refractivity contribution is 6.29. The summed E-state index contributed by atoms with van der Waals surface area (Å²) in [5.41, 5.74) is 0.635. The fraction of sp³-hybridized carbons (Fsp3) is 0.400. The van der Waals surface area contributed by atoms with E-state index in [-0.39, 0.29) is 6.03 Å². The molecule has 1 rings (SSSR count). The maximum absolute atomic E-state index is 11.3. The molecule has 4 nitrogen and oxygen atoms in total. The molecule has 0 radical (unpaired) electrons. The Morgan fingerprint density at radius 3 is 2.93 bits per heavy atom. The molecule has 0 aliphatic heterocycles. The van der Waals surface area contributed by atoms with Crippen LogP contribution in [-0.2, 0) is 0 Å². The van der Waals surface area contributed by atoms with Gasteiger partial charge in [-0.2, -0.15) is 0 Å². The van der Waals surface area contributed by atoms with Gasteiger partial charge in [-0.1, -0.05) is 25.4 Å². The Balaban J connectivity index is 2.44. The van der Waals surface area contributed by atoms with E-state index in [4.69, 9.17) is 11.6 Å². The molecule has 0 spiro atoms. The van der Waals surface area contributed by atoms with Crippen LogP contribution in [0.15, 0.2) is 18.3 Å². The number of halogens is 1. The van der Waals surface area contributed by atoms with Crippen LogP contribution in [0.4, 0.5) is 10.5 Å². The van der Waals surface area contributed by atoms with Crippen LogP contribution in [0.5, 0.6) is 0 Å². The zero-order chi connectivity index (χ0) is 11.3. The average molecular weight is 228 g/mol. The Morgan fingerprint density at radius 2 is 2.33 bits per heavy atom. The number of urea groups is 1. The monoisotopic (exact) mass is 227 g/mol. The molecule has 82 valence electrons. The van der Waals surface area contributed by atoms with Crippen LogP contribution in [0.3, 0.4) is 0 Å². The molecule has 0 bridgehead atoms. The number of aromatic nitrogens is 1. The summed E-state index contributed by atoms with van der Waals surface area (Å²) in [7, 11) is 0. The zero-order valence-corrected chi connectivity index (χ0v) is 9.51. The minimum Gasteiger partial charge on any atom is -0.338 e. The molecule has 0 aliphatic rings. The lowest BCUT2D eigenvalue weighted by Gasteiger charge is -2.09. The molecule has 1 aromatic rings. The van der Waals surface area contributed by atoms with E-state index in [0.717, 1.165) is 0 Å². The molecule has 1 aromatic heterocycles. The number of rotatable bonds is 3. The lowest BCUT2D eigenvalue weighted by atomic mass is 10.2. The van der Waals surface area contributed by atoms with Crippen LogP contribution in [0.2, 0.25) is 5.15 Å². The number of pyridine rings is 1. The largest absolute Gasteiger partial charge is 0.338 e. The maximum atomic E-state index is 11.3. The van der Waals surface area contributed by atoms with Crippen molar-refractivity contribution in [1.29, 1.82) is 0 Å². The first kappa shape index (κ1) is 11.8. The van der Waals surface area contributed by atoms with E-state index >= 15 is 0 Å². The molecule has 15 heavy (non-hydrogen) atoms. The molecule has 0 saturated heterocycles. The van der Waals surface area contributed by atoms with Gasteiger partial charge in [0.05, 0.1) is 0 Å². The van der Waals surface area contributed by atoms with Gasteiger partial charge >= 0.3 is 6.03 Å². The van der Waals surface area contributed by atoms with E-state index in [1.54, 1.807) is 18.3 Å². The first-order chi connectivity index (χ1) is 7.08. The molecule has 0 atom stereocenters. The fourth-order valence-electron chi connectivity index (χ4n) is 0.952. The molecule has 0 aliphatic carbocycles. The highest BCUT2D eigenvalue weighted by atomic mass is 35.5. The van der Waals surface area contributed by atoms with E-state index < -0.39 is 0 Å². The smallest absolute Gasteiger partial charge is 0.319 e. The molecule has 0 fully saturated rings. The molecule has 0 unspecified atom stereocenters. The minimum atomic E-state index is -0.231. The van der Waals surface area contributed by atoms with Crippen molar-refractivity contribution in [2.75, 3.05) is 11.9 Å². The van der Waals surface area contributed by atoms with Crippen molar-refractivity contribution >= 4 is 23.3 Å². The number of nitrogens with one attached hydrogen (secondary N) is 2. The second-order valence-electron chi connectivity index (χ2n) is 3.60. The number of hydrogen-bond donors (Lipinski definition) is 2. The first-order valence-electron chi connectivity index (χ1n) is 4.74. The lowest BCUT2D eigenvalue weighted by molar-refractivity contribution is 0.251. The van der Waals surface area contributed by atoms with Crippen molar-refractivity contribution in [3.63, 3.8) is 0 Å². The summed E-state index contributed by atoms with van der Waals surface area (Å²) in [6.07, 6.45) is 1.54. The third-order valence-corrected chi connectivity index (χ3v) is 1.86. The molecular weight excluding hydrogens is 214 g/mol. The van der Waals surface area contributed by atoms with Crippen LogP contribution in [-0.4, -0.2) is 17.6 Å². The molecule has 2 amide bonds. The zero-order valence-electron chi connectivity index (χ0n) is 8.75. The van der Waals surface area contributed by atoms with Gasteiger partial charge in [-0.3, -0.25) is 0 Å². The fourth-order valence-corrected chi connectivity index (χ4v) is 1.13. The number of nitrogens with zero attached hydrogens (tertiary/aromatic N) is 1. The number of carbonyl (C=O) groups is 1. The molecule has 0 aromatic carbocycles. The molecular formula is C10H14ClN3O. The highest BCUT2D eigenvalue weighted by Crippen LogP contribution is 2.11. The summed E-state index contributed by atoms with van der Waals surface area (Å²) in [5.74, 6) is 0.428. The van der Waals surface area contributed by atoms with Crippen molar-refractivity contribution in [3.8, 4) is 0 Å². The second-order valence-corrected chi connectivity index (χ2v) is 3.98. The Morgan fingerprint density at radius 1 is 1.60 bits per heavy atom. The third-order valence-electron chi connectivity index (χ3n) is 1.66. The van der Waals surface area contributed by atoms with Crippen LogP contribution in [0, 0.1) is 5.92 Å². The van der Waals surface area contributed by atoms with Crippen LogP contribution < -0.4 is 10.6 Å². The lowest BCUT2D eigenvalue weighted by Crippen LogP contribution is -2.31. The van der Waals surface area contributed by atoms with Gasteiger partial charge in [-0.25, -0.2) is 9.78 Å². The van der Waals surface area contributed by atoms with Gasteiger partial charge in [-0.05, 0) is 18.1 Å².